The lowest BCUT2D eigenvalue weighted by molar-refractivity contribution is 0.102. The summed E-state index contributed by atoms with van der Waals surface area (Å²) in [7, 11) is 0. The van der Waals surface area contributed by atoms with Gasteiger partial charge in [-0.25, -0.2) is 27.5 Å². The van der Waals surface area contributed by atoms with Crippen LogP contribution in [0.2, 0.25) is 0 Å². The summed E-state index contributed by atoms with van der Waals surface area (Å²) in [6.45, 7) is 1.50. The van der Waals surface area contributed by atoms with Gasteiger partial charge in [0.15, 0.2) is 0 Å². The zero-order chi connectivity index (χ0) is 19.6. The molecule has 138 valence electrons. The van der Waals surface area contributed by atoms with Gasteiger partial charge in [-0.1, -0.05) is 0 Å². The molecule has 3 rings (SSSR count). The first kappa shape index (κ1) is 18.3. The van der Waals surface area contributed by atoms with Crippen molar-refractivity contribution in [1.82, 2.24) is 9.97 Å². The molecule has 0 unspecified atom stereocenters. The van der Waals surface area contributed by atoms with Crippen molar-refractivity contribution in [3.05, 3.63) is 77.3 Å². The van der Waals surface area contributed by atoms with Gasteiger partial charge in [0.25, 0.3) is 5.91 Å². The van der Waals surface area contributed by atoms with E-state index in [0.29, 0.717) is 12.1 Å². The summed E-state index contributed by atoms with van der Waals surface area (Å²) in [5.74, 6) is -3.81. The van der Waals surface area contributed by atoms with Gasteiger partial charge in [-0.2, -0.15) is 0 Å². The average molecular weight is 376 g/mol. The smallest absolute Gasteiger partial charge is 0.274 e. The molecule has 0 bridgehead atoms. The third-order valence-corrected chi connectivity index (χ3v) is 3.44. The number of halogens is 4. The molecule has 1 amide bonds. The predicted molar refractivity (Wildman–Crippen MR) is 90.7 cm³/mol. The maximum absolute atomic E-state index is 13.8. The lowest BCUT2D eigenvalue weighted by Gasteiger charge is -2.10. The molecular weight excluding hydrogens is 364 g/mol. The van der Waals surface area contributed by atoms with Gasteiger partial charge >= 0.3 is 0 Å². The number of rotatable bonds is 4. The number of hydrogen-bond acceptors (Lipinski definition) is 4. The largest absolute Gasteiger partial charge is 0.338 e. The van der Waals surface area contributed by atoms with Gasteiger partial charge in [0.05, 0.1) is 11.4 Å². The minimum Gasteiger partial charge on any atom is -0.338 e. The van der Waals surface area contributed by atoms with Crippen LogP contribution in [0.5, 0.6) is 0 Å². The van der Waals surface area contributed by atoms with E-state index in [9.17, 15) is 22.4 Å². The van der Waals surface area contributed by atoms with E-state index in [-0.39, 0.29) is 28.7 Å². The van der Waals surface area contributed by atoms with Crippen LogP contribution in [-0.4, -0.2) is 15.9 Å². The molecule has 0 saturated carbocycles. The van der Waals surface area contributed by atoms with Gasteiger partial charge in [-0.3, -0.25) is 4.79 Å². The van der Waals surface area contributed by atoms with Crippen molar-refractivity contribution >= 4 is 23.1 Å². The van der Waals surface area contributed by atoms with Crippen molar-refractivity contribution in [1.29, 1.82) is 0 Å². The molecule has 27 heavy (non-hydrogen) atoms. The number of anilines is 3. The normalized spacial score (nSPS) is 10.6. The molecule has 0 radical (unpaired) electrons. The molecule has 0 aliphatic rings. The number of carbonyl (C=O) groups excluding carboxylic acids is 1. The minimum absolute atomic E-state index is 0.0505. The Morgan fingerprint density at radius 3 is 2.04 bits per heavy atom. The molecule has 1 aromatic heterocycles. The number of benzene rings is 2. The van der Waals surface area contributed by atoms with Crippen LogP contribution in [0.1, 0.15) is 16.3 Å². The van der Waals surface area contributed by atoms with Crippen molar-refractivity contribution in [2.75, 3.05) is 10.6 Å². The first-order valence-electron chi connectivity index (χ1n) is 7.66. The van der Waals surface area contributed by atoms with Gasteiger partial charge < -0.3 is 10.6 Å². The highest BCUT2D eigenvalue weighted by atomic mass is 19.1. The zero-order valence-corrected chi connectivity index (χ0v) is 13.9. The Labute approximate surface area is 151 Å². The lowest BCUT2D eigenvalue weighted by atomic mass is 10.2. The molecule has 0 aliphatic carbocycles. The Morgan fingerprint density at radius 2 is 1.44 bits per heavy atom. The second-order valence-electron chi connectivity index (χ2n) is 5.51. The summed E-state index contributed by atoms with van der Waals surface area (Å²) in [6, 6.07) is 6.84. The summed E-state index contributed by atoms with van der Waals surface area (Å²) in [5.41, 5.74) is -0.404. The molecule has 0 saturated heterocycles. The molecule has 5 nitrogen and oxygen atoms in total. The summed E-state index contributed by atoms with van der Waals surface area (Å²) < 4.78 is 53.4. The van der Waals surface area contributed by atoms with E-state index >= 15 is 0 Å². The quantitative estimate of drug-likeness (QED) is 0.665. The van der Waals surface area contributed by atoms with Crippen LogP contribution in [-0.2, 0) is 0 Å². The van der Waals surface area contributed by atoms with E-state index in [1.165, 1.54) is 19.1 Å². The summed E-state index contributed by atoms with van der Waals surface area (Å²) in [5, 5.41) is 4.89. The van der Waals surface area contributed by atoms with Crippen LogP contribution in [0.4, 0.5) is 34.8 Å². The SMILES string of the molecule is Cc1nc(Nc2ccc(F)cc2F)cc(C(=O)Nc2ccc(F)cc2F)n1. The van der Waals surface area contributed by atoms with Gasteiger partial charge in [0, 0.05) is 18.2 Å². The van der Waals surface area contributed by atoms with Crippen LogP contribution in [0.25, 0.3) is 0 Å². The van der Waals surface area contributed by atoms with Crippen LogP contribution in [0, 0.1) is 30.2 Å². The highest BCUT2D eigenvalue weighted by Gasteiger charge is 2.14. The van der Waals surface area contributed by atoms with Gasteiger partial charge in [0.2, 0.25) is 0 Å². The third kappa shape index (κ3) is 4.38. The lowest BCUT2D eigenvalue weighted by Crippen LogP contribution is -2.16. The number of nitrogens with one attached hydrogen (secondary N) is 2. The number of hydrogen-bond donors (Lipinski definition) is 2. The average Bonchev–Trinajstić information content (AvgIpc) is 2.59. The second-order valence-corrected chi connectivity index (χ2v) is 5.51. The molecule has 0 atom stereocenters. The Bertz CT molecular complexity index is 1030. The number of nitrogens with zero attached hydrogens (tertiary/aromatic N) is 2. The first-order chi connectivity index (χ1) is 12.8. The number of carbonyl (C=O) groups is 1. The van der Waals surface area contributed by atoms with Crippen molar-refractivity contribution < 1.29 is 22.4 Å². The van der Waals surface area contributed by atoms with Crippen molar-refractivity contribution in [3.8, 4) is 0 Å². The molecule has 3 aromatic rings. The van der Waals surface area contributed by atoms with E-state index in [1.807, 2.05) is 0 Å². The van der Waals surface area contributed by atoms with Gasteiger partial charge in [0.1, 0.15) is 40.6 Å². The predicted octanol–water partition coefficient (Wildman–Crippen LogP) is 4.34. The Kier molecular flexibility index (Phi) is 5.02. The molecular formula is C18H12F4N4O. The number of aromatic nitrogens is 2. The standard InChI is InChI=1S/C18H12F4N4O/c1-9-23-16(18(27)26-15-5-3-11(20)7-13(15)22)8-17(24-9)25-14-4-2-10(19)6-12(14)21/h2-8H,1H3,(H,26,27)(H,23,24,25). The molecule has 2 N–H and O–H groups in total. The monoisotopic (exact) mass is 376 g/mol. The summed E-state index contributed by atoms with van der Waals surface area (Å²) in [6.07, 6.45) is 0. The van der Waals surface area contributed by atoms with Crippen LogP contribution in [0.3, 0.4) is 0 Å². The molecule has 0 spiro atoms. The summed E-state index contributed by atoms with van der Waals surface area (Å²) in [4.78, 5) is 20.3. The first-order valence-corrected chi connectivity index (χ1v) is 7.66. The van der Waals surface area contributed by atoms with E-state index in [4.69, 9.17) is 0 Å². The Hall–Kier alpha value is -3.49. The zero-order valence-electron chi connectivity index (χ0n) is 13.9. The fraction of sp³-hybridized carbons (Fsp3) is 0.0556. The van der Waals surface area contributed by atoms with Crippen LogP contribution in [0.15, 0.2) is 42.5 Å². The maximum atomic E-state index is 13.8. The summed E-state index contributed by atoms with van der Waals surface area (Å²) >= 11 is 0. The van der Waals surface area contributed by atoms with E-state index in [1.54, 1.807) is 0 Å². The molecule has 0 fully saturated rings. The van der Waals surface area contributed by atoms with Crippen molar-refractivity contribution in [2.24, 2.45) is 0 Å². The van der Waals surface area contributed by atoms with E-state index in [0.717, 1.165) is 18.2 Å². The highest BCUT2D eigenvalue weighted by Crippen LogP contribution is 2.21. The molecule has 0 aliphatic heterocycles. The fourth-order valence-electron chi connectivity index (χ4n) is 2.25. The third-order valence-electron chi connectivity index (χ3n) is 3.44. The van der Waals surface area contributed by atoms with Crippen molar-refractivity contribution in [2.45, 2.75) is 6.92 Å². The van der Waals surface area contributed by atoms with Gasteiger partial charge in [-0.05, 0) is 31.2 Å². The van der Waals surface area contributed by atoms with E-state index in [2.05, 4.69) is 20.6 Å². The van der Waals surface area contributed by atoms with Crippen molar-refractivity contribution in [3.63, 3.8) is 0 Å². The minimum atomic E-state index is -0.944. The van der Waals surface area contributed by atoms with Crippen LogP contribution < -0.4 is 10.6 Å². The van der Waals surface area contributed by atoms with E-state index < -0.39 is 29.2 Å². The topological polar surface area (TPSA) is 66.9 Å². The number of amides is 1. The maximum Gasteiger partial charge on any atom is 0.274 e. The van der Waals surface area contributed by atoms with Crippen LogP contribution >= 0.6 is 0 Å². The highest BCUT2D eigenvalue weighted by molar-refractivity contribution is 6.03. The number of aryl methyl sites for hydroxylation is 1. The Balaban J connectivity index is 1.85. The molecule has 2 aromatic carbocycles. The second kappa shape index (κ2) is 7.40. The molecule has 1 heterocycles. The molecule has 9 heteroatoms. The van der Waals surface area contributed by atoms with Gasteiger partial charge in [-0.15, -0.1) is 0 Å². The Morgan fingerprint density at radius 1 is 0.852 bits per heavy atom. The fourth-order valence-corrected chi connectivity index (χ4v) is 2.25.